The van der Waals surface area contributed by atoms with Crippen LogP contribution >= 0.6 is 0 Å². The molecule has 0 spiro atoms. The van der Waals surface area contributed by atoms with Gasteiger partial charge in [-0.3, -0.25) is 4.98 Å². The summed E-state index contributed by atoms with van der Waals surface area (Å²) in [5, 5.41) is 9.16. The predicted molar refractivity (Wildman–Crippen MR) is 68.9 cm³/mol. The molecule has 0 amide bonds. The highest BCUT2D eigenvalue weighted by atomic mass is 14.7. The first-order valence-electron chi connectivity index (χ1n) is 5.40. The summed E-state index contributed by atoms with van der Waals surface area (Å²) in [4.78, 5) is 4.36. The Morgan fingerprint density at radius 2 is 1.88 bits per heavy atom. The van der Waals surface area contributed by atoms with E-state index in [-0.39, 0.29) is 0 Å². The quantitative estimate of drug-likeness (QED) is 0.727. The average Bonchev–Trinajstić information content (AvgIpc) is 2.37. The van der Waals surface area contributed by atoms with Crippen LogP contribution in [0.2, 0.25) is 0 Å². The number of rotatable bonds is 2. The second-order valence-electron chi connectivity index (χ2n) is 3.74. The summed E-state index contributed by atoms with van der Waals surface area (Å²) in [6, 6.07) is 17.6. The molecule has 0 unspecified atom stereocenters. The van der Waals surface area contributed by atoms with Gasteiger partial charge < -0.3 is 0 Å². The summed E-state index contributed by atoms with van der Waals surface area (Å²) in [6.07, 6.45) is 1.81. The van der Waals surface area contributed by atoms with E-state index in [1.807, 2.05) is 61.5 Å². The molecule has 1 heterocycles. The Morgan fingerprint density at radius 3 is 2.53 bits per heavy atom. The Morgan fingerprint density at radius 1 is 1.12 bits per heavy atom. The molecule has 0 radical (unpaired) electrons. The molecule has 1 aromatic heterocycles. The molecular formula is C15H12N2. The normalized spacial score (nSPS) is 10.9. The fourth-order valence-electron chi connectivity index (χ4n) is 1.59. The zero-order chi connectivity index (χ0) is 12.1. The lowest BCUT2D eigenvalue weighted by Gasteiger charge is -1.99. The number of nitrogens with zero attached hydrogens (tertiary/aromatic N) is 2. The van der Waals surface area contributed by atoms with Crippen molar-refractivity contribution in [1.29, 1.82) is 5.26 Å². The highest BCUT2D eigenvalue weighted by Crippen LogP contribution is 2.16. The van der Waals surface area contributed by atoms with Crippen LogP contribution in [0, 0.1) is 18.3 Å². The van der Waals surface area contributed by atoms with Crippen LogP contribution in [-0.2, 0) is 0 Å². The number of nitriles is 1. The SMILES string of the molecule is Cc1cccc(/C=C(\C#N)c2ccccc2)n1. The van der Waals surface area contributed by atoms with E-state index in [4.69, 9.17) is 5.26 Å². The molecule has 2 rings (SSSR count). The van der Waals surface area contributed by atoms with E-state index >= 15 is 0 Å². The van der Waals surface area contributed by atoms with Gasteiger partial charge in [-0.1, -0.05) is 36.4 Å². The number of aryl methyl sites for hydroxylation is 1. The van der Waals surface area contributed by atoms with Crippen LogP contribution in [0.3, 0.4) is 0 Å². The highest BCUT2D eigenvalue weighted by Gasteiger charge is 2.00. The third-order valence-electron chi connectivity index (χ3n) is 2.41. The van der Waals surface area contributed by atoms with Crippen molar-refractivity contribution in [3.05, 3.63) is 65.5 Å². The molecule has 0 bridgehead atoms. The lowest BCUT2D eigenvalue weighted by atomic mass is 10.1. The minimum Gasteiger partial charge on any atom is -0.254 e. The number of pyridine rings is 1. The summed E-state index contributed by atoms with van der Waals surface area (Å²) >= 11 is 0. The lowest BCUT2D eigenvalue weighted by Crippen LogP contribution is -1.86. The topological polar surface area (TPSA) is 36.7 Å². The number of hydrogen-bond donors (Lipinski definition) is 0. The van der Waals surface area contributed by atoms with Gasteiger partial charge in [0.25, 0.3) is 0 Å². The maximum Gasteiger partial charge on any atom is 0.0998 e. The van der Waals surface area contributed by atoms with Gasteiger partial charge in [0, 0.05) is 5.69 Å². The van der Waals surface area contributed by atoms with Gasteiger partial charge in [-0.15, -0.1) is 0 Å². The molecule has 82 valence electrons. The molecular weight excluding hydrogens is 208 g/mol. The first-order chi connectivity index (χ1) is 8.29. The average molecular weight is 220 g/mol. The van der Waals surface area contributed by atoms with Crippen molar-refractivity contribution < 1.29 is 0 Å². The van der Waals surface area contributed by atoms with Crippen molar-refractivity contribution >= 4 is 11.6 Å². The van der Waals surface area contributed by atoms with Gasteiger partial charge in [0.05, 0.1) is 17.3 Å². The zero-order valence-electron chi connectivity index (χ0n) is 9.59. The van der Waals surface area contributed by atoms with E-state index in [1.165, 1.54) is 0 Å². The molecule has 17 heavy (non-hydrogen) atoms. The first-order valence-corrected chi connectivity index (χ1v) is 5.40. The Labute approximate surface area is 101 Å². The summed E-state index contributed by atoms with van der Waals surface area (Å²) in [7, 11) is 0. The van der Waals surface area contributed by atoms with Crippen molar-refractivity contribution in [2.75, 3.05) is 0 Å². The summed E-state index contributed by atoms with van der Waals surface area (Å²) in [6.45, 7) is 1.94. The highest BCUT2D eigenvalue weighted by molar-refractivity contribution is 5.88. The maximum absolute atomic E-state index is 9.16. The van der Waals surface area contributed by atoms with Gasteiger partial charge in [0.15, 0.2) is 0 Å². The number of hydrogen-bond acceptors (Lipinski definition) is 2. The van der Waals surface area contributed by atoms with Crippen molar-refractivity contribution in [2.45, 2.75) is 6.92 Å². The molecule has 0 atom stereocenters. The Bertz CT molecular complexity index is 577. The van der Waals surface area contributed by atoms with E-state index in [2.05, 4.69) is 11.1 Å². The van der Waals surface area contributed by atoms with E-state index in [9.17, 15) is 0 Å². The number of allylic oxidation sites excluding steroid dienone is 1. The molecule has 0 fully saturated rings. The minimum atomic E-state index is 0.628. The Kier molecular flexibility index (Phi) is 3.32. The third-order valence-corrected chi connectivity index (χ3v) is 2.41. The predicted octanol–water partition coefficient (Wildman–Crippen LogP) is 3.45. The molecule has 0 saturated carbocycles. The fourth-order valence-corrected chi connectivity index (χ4v) is 1.59. The molecule has 0 saturated heterocycles. The Balaban J connectivity index is 2.41. The van der Waals surface area contributed by atoms with Gasteiger partial charge in [-0.2, -0.15) is 5.26 Å². The lowest BCUT2D eigenvalue weighted by molar-refractivity contribution is 1.18. The van der Waals surface area contributed by atoms with Gasteiger partial charge in [-0.05, 0) is 30.7 Å². The monoisotopic (exact) mass is 220 g/mol. The second kappa shape index (κ2) is 5.09. The molecule has 0 aliphatic carbocycles. The molecule has 0 N–H and O–H groups in total. The van der Waals surface area contributed by atoms with Crippen molar-refractivity contribution in [3.8, 4) is 6.07 Å². The molecule has 2 nitrogen and oxygen atoms in total. The van der Waals surface area contributed by atoms with Crippen LogP contribution in [0.5, 0.6) is 0 Å². The van der Waals surface area contributed by atoms with Crippen LogP contribution < -0.4 is 0 Å². The second-order valence-corrected chi connectivity index (χ2v) is 3.74. The van der Waals surface area contributed by atoms with Gasteiger partial charge in [0.2, 0.25) is 0 Å². The summed E-state index contributed by atoms with van der Waals surface area (Å²) < 4.78 is 0. The van der Waals surface area contributed by atoms with Crippen molar-refractivity contribution in [2.24, 2.45) is 0 Å². The standard InChI is InChI=1S/C15H12N2/c1-12-6-5-9-15(17-12)10-14(11-16)13-7-3-2-4-8-13/h2-10H,1H3/b14-10+. The summed E-state index contributed by atoms with van der Waals surface area (Å²) in [5.74, 6) is 0. The van der Waals surface area contributed by atoms with Crippen molar-refractivity contribution in [3.63, 3.8) is 0 Å². The molecule has 1 aromatic carbocycles. The van der Waals surface area contributed by atoms with Crippen LogP contribution in [0.1, 0.15) is 17.0 Å². The number of benzene rings is 1. The van der Waals surface area contributed by atoms with Crippen LogP contribution in [0.4, 0.5) is 0 Å². The summed E-state index contributed by atoms with van der Waals surface area (Å²) in [5.41, 5.74) is 3.30. The van der Waals surface area contributed by atoms with Gasteiger partial charge in [0.1, 0.15) is 0 Å². The van der Waals surface area contributed by atoms with Gasteiger partial charge in [-0.25, -0.2) is 0 Å². The maximum atomic E-state index is 9.16. The van der Waals surface area contributed by atoms with Crippen LogP contribution in [0.15, 0.2) is 48.5 Å². The molecule has 0 aliphatic heterocycles. The van der Waals surface area contributed by atoms with Gasteiger partial charge >= 0.3 is 0 Å². The molecule has 2 heteroatoms. The van der Waals surface area contributed by atoms with Crippen molar-refractivity contribution in [1.82, 2.24) is 4.98 Å². The first kappa shape index (κ1) is 11.1. The van der Waals surface area contributed by atoms with Crippen LogP contribution in [-0.4, -0.2) is 4.98 Å². The molecule has 0 aliphatic rings. The third kappa shape index (κ3) is 2.79. The molecule has 2 aromatic rings. The number of aromatic nitrogens is 1. The fraction of sp³-hybridized carbons (Fsp3) is 0.0667. The van der Waals surface area contributed by atoms with E-state index in [0.29, 0.717) is 5.57 Å². The zero-order valence-corrected chi connectivity index (χ0v) is 9.59. The van der Waals surface area contributed by atoms with E-state index < -0.39 is 0 Å². The minimum absolute atomic E-state index is 0.628. The largest absolute Gasteiger partial charge is 0.254 e. The Hall–Kier alpha value is -2.40. The smallest absolute Gasteiger partial charge is 0.0998 e. The van der Waals surface area contributed by atoms with E-state index in [1.54, 1.807) is 0 Å². The van der Waals surface area contributed by atoms with Crippen LogP contribution in [0.25, 0.3) is 11.6 Å². The van der Waals surface area contributed by atoms with E-state index in [0.717, 1.165) is 17.0 Å².